The Bertz CT molecular complexity index is 874. The third-order valence-corrected chi connectivity index (χ3v) is 5.33. The fourth-order valence-corrected chi connectivity index (χ4v) is 3.61. The predicted octanol–water partition coefficient (Wildman–Crippen LogP) is 4.49. The number of hydrogen-bond acceptors (Lipinski definition) is 4. The van der Waals surface area contributed by atoms with Crippen LogP contribution in [0.2, 0.25) is 0 Å². The van der Waals surface area contributed by atoms with Gasteiger partial charge in [0.25, 0.3) is 0 Å². The first-order valence-corrected chi connectivity index (χ1v) is 11.4. The van der Waals surface area contributed by atoms with E-state index in [0.717, 1.165) is 56.0 Å². The van der Waals surface area contributed by atoms with Crippen LogP contribution >= 0.6 is 24.0 Å². The molecule has 2 N–H and O–H groups in total. The Kier molecular flexibility index (Phi) is 11.8. The Morgan fingerprint density at radius 1 is 1.12 bits per heavy atom. The van der Waals surface area contributed by atoms with Gasteiger partial charge in [-0.1, -0.05) is 19.1 Å². The highest BCUT2D eigenvalue weighted by atomic mass is 127. The SMILES string of the molecule is CCCOc1ccc(CN=C(NCC)NC2CCN(Cc3ccc(F)c(F)c3)CC2)cn1.I. The lowest BCUT2D eigenvalue weighted by Crippen LogP contribution is -2.48. The van der Waals surface area contributed by atoms with E-state index in [1.165, 1.54) is 12.1 Å². The Hall–Kier alpha value is -2.01. The first-order chi connectivity index (χ1) is 15.6. The molecule has 0 saturated carbocycles. The number of hydrogen-bond donors (Lipinski definition) is 2. The van der Waals surface area contributed by atoms with E-state index in [-0.39, 0.29) is 24.0 Å². The molecule has 1 aromatic heterocycles. The maximum atomic E-state index is 13.4. The molecule has 2 heterocycles. The van der Waals surface area contributed by atoms with Crippen LogP contribution in [0.15, 0.2) is 41.5 Å². The lowest BCUT2D eigenvalue weighted by atomic mass is 10.0. The van der Waals surface area contributed by atoms with Gasteiger partial charge in [-0.3, -0.25) is 4.90 Å². The average molecular weight is 573 g/mol. The molecule has 1 fully saturated rings. The molecule has 0 aliphatic carbocycles. The zero-order valence-electron chi connectivity index (χ0n) is 19.3. The second-order valence-electron chi connectivity index (χ2n) is 7.99. The van der Waals surface area contributed by atoms with Crippen LogP contribution in [0.5, 0.6) is 5.88 Å². The van der Waals surface area contributed by atoms with E-state index in [4.69, 9.17) is 9.73 Å². The van der Waals surface area contributed by atoms with Gasteiger partial charge in [0.15, 0.2) is 17.6 Å². The molecule has 9 heteroatoms. The van der Waals surface area contributed by atoms with Crippen LogP contribution in [0.4, 0.5) is 8.78 Å². The molecule has 0 amide bonds. The minimum atomic E-state index is -0.802. The highest BCUT2D eigenvalue weighted by Gasteiger charge is 2.20. The van der Waals surface area contributed by atoms with E-state index >= 15 is 0 Å². The number of pyridine rings is 1. The second kappa shape index (κ2) is 14.3. The Balaban J connectivity index is 0.00000385. The third-order valence-electron chi connectivity index (χ3n) is 5.33. The first kappa shape index (κ1) is 27.2. The zero-order chi connectivity index (χ0) is 22.8. The third kappa shape index (κ3) is 9.04. The van der Waals surface area contributed by atoms with Gasteiger partial charge in [0.1, 0.15) is 0 Å². The van der Waals surface area contributed by atoms with Crippen molar-refractivity contribution in [3.05, 3.63) is 59.3 Å². The van der Waals surface area contributed by atoms with E-state index in [1.807, 2.05) is 19.1 Å². The molecular formula is C24H34F2IN5O. The molecule has 0 radical (unpaired) electrons. The number of nitrogens with zero attached hydrogens (tertiary/aromatic N) is 3. The summed E-state index contributed by atoms with van der Waals surface area (Å²) < 4.78 is 32.1. The fourth-order valence-electron chi connectivity index (χ4n) is 3.61. The topological polar surface area (TPSA) is 61.8 Å². The summed E-state index contributed by atoms with van der Waals surface area (Å²) in [5.74, 6) is -0.162. The molecule has 3 rings (SSSR count). The van der Waals surface area contributed by atoms with Crippen LogP contribution in [0.3, 0.4) is 0 Å². The maximum absolute atomic E-state index is 13.4. The van der Waals surface area contributed by atoms with Gasteiger partial charge in [-0.2, -0.15) is 0 Å². The van der Waals surface area contributed by atoms with Crippen molar-refractivity contribution in [1.82, 2.24) is 20.5 Å². The molecule has 0 unspecified atom stereocenters. The predicted molar refractivity (Wildman–Crippen MR) is 138 cm³/mol. The monoisotopic (exact) mass is 573 g/mol. The molecule has 0 bridgehead atoms. The summed E-state index contributed by atoms with van der Waals surface area (Å²) in [6.45, 7) is 8.49. The fraction of sp³-hybridized carbons (Fsp3) is 0.500. The van der Waals surface area contributed by atoms with Crippen molar-refractivity contribution >= 4 is 29.9 Å². The number of guanidine groups is 1. The van der Waals surface area contributed by atoms with Crippen LogP contribution in [0.1, 0.15) is 44.2 Å². The summed E-state index contributed by atoms with van der Waals surface area (Å²) >= 11 is 0. The van der Waals surface area contributed by atoms with Gasteiger partial charge in [-0.25, -0.2) is 18.8 Å². The minimum Gasteiger partial charge on any atom is -0.478 e. The van der Waals surface area contributed by atoms with Crippen molar-refractivity contribution in [1.29, 1.82) is 0 Å². The molecular weight excluding hydrogens is 539 g/mol. The van der Waals surface area contributed by atoms with Gasteiger partial charge < -0.3 is 15.4 Å². The molecule has 1 aromatic carbocycles. The quantitative estimate of drug-likeness (QED) is 0.263. The van der Waals surface area contributed by atoms with Crippen LogP contribution in [-0.2, 0) is 13.1 Å². The Labute approximate surface area is 212 Å². The van der Waals surface area contributed by atoms with Crippen molar-refractivity contribution in [2.24, 2.45) is 4.99 Å². The molecule has 6 nitrogen and oxygen atoms in total. The summed E-state index contributed by atoms with van der Waals surface area (Å²) in [4.78, 5) is 11.3. The van der Waals surface area contributed by atoms with Crippen LogP contribution in [0, 0.1) is 11.6 Å². The number of likely N-dealkylation sites (tertiary alicyclic amines) is 1. The number of halogens is 3. The maximum Gasteiger partial charge on any atom is 0.213 e. The minimum absolute atomic E-state index is 0. The van der Waals surface area contributed by atoms with Crippen molar-refractivity contribution in [2.45, 2.75) is 52.2 Å². The summed E-state index contributed by atoms with van der Waals surface area (Å²) in [5.41, 5.74) is 1.82. The summed E-state index contributed by atoms with van der Waals surface area (Å²) in [5, 5.41) is 6.83. The molecule has 0 atom stereocenters. The number of aliphatic imine (C=N–C) groups is 1. The lowest BCUT2D eigenvalue weighted by molar-refractivity contribution is 0.198. The van der Waals surface area contributed by atoms with E-state index in [2.05, 4.69) is 27.4 Å². The zero-order valence-corrected chi connectivity index (χ0v) is 21.6. The highest BCUT2D eigenvalue weighted by Crippen LogP contribution is 2.16. The summed E-state index contributed by atoms with van der Waals surface area (Å²) in [6, 6.07) is 8.31. The van der Waals surface area contributed by atoms with Crippen molar-refractivity contribution in [2.75, 3.05) is 26.2 Å². The largest absolute Gasteiger partial charge is 0.478 e. The molecule has 1 aliphatic rings. The van der Waals surface area contributed by atoms with E-state index in [0.29, 0.717) is 31.6 Å². The Morgan fingerprint density at radius 3 is 2.52 bits per heavy atom. The smallest absolute Gasteiger partial charge is 0.213 e. The molecule has 182 valence electrons. The first-order valence-electron chi connectivity index (χ1n) is 11.4. The summed E-state index contributed by atoms with van der Waals surface area (Å²) in [7, 11) is 0. The van der Waals surface area contributed by atoms with Gasteiger partial charge in [-0.05, 0) is 49.4 Å². The number of aromatic nitrogens is 1. The van der Waals surface area contributed by atoms with Gasteiger partial charge >= 0.3 is 0 Å². The van der Waals surface area contributed by atoms with E-state index < -0.39 is 11.6 Å². The Morgan fingerprint density at radius 2 is 1.88 bits per heavy atom. The highest BCUT2D eigenvalue weighted by molar-refractivity contribution is 14.0. The van der Waals surface area contributed by atoms with Crippen molar-refractivity contribution < 1.29 is 13.5 Å². The van der Waals surface area contributed by atoms with Crippen LogP contribution in [-0.4, -0.2) is 48.1 Å². The van der Waals surface area contributed by atoms with Gasteiger partial charge in [0, 0.05) is 44.5 Å². The molecule has 2 aromatic rings. The van der Waals surface area contributed by atoms with Crippen LogP contribution in [0.25, 0.3) is 0 Å². The molecule has 33 heavy (non-hydrogen) atoms. The molecule has 1 aliphatic heterocycles. The lowest BCUT2D eigenvalue weighted by Gasteiger charge is -2.33. The number of rotatable bonds is 9. The standard InChI is InChI=1S/C24H33F2N5O.HI/c1-3-13-32-23-8-6-19(15-28-23)16-29-24(27-4-2)30-20-9-11-31(12-10-20)17-18-5-7-21(25)22(26)14-18;/h5-8,14-15,20H,3-4,9-13,16-17H2,1-2H3,(H2,27,29,30);1H. The van der Waals surface area contributed by atoms with Crippen molar-refractivity contribution in [3.8, 4) is 5.88 Å². The average Bonchev–Trinajstić information content (AvgIpc) is 2.80. The summed E-state index contributed by atoms with van der Waals surface area (Å²) in [6.07, 6.45) is 4.67. The number of piperidine rings is 1. The molecule has 1 saturated heterocycles. The van der Waals surface area contributed by atoms with Crippen LogP contribution < -0.4 is 15.4 Å². The van der Waals surface area contributed by atoms with E-state index in [9.17, 15) is 8.78 Å². The van der Waals surface area contributed by atoms with Gasteiger partial charge in [-0.15, -0.1) is 24.0 Å². The number of benzene rings is 1. The second-order valence-corrected chi connectivity index (χ2v) is 7.99. The van der Waals surface area contributed by atoms with Gasteiger partial charge in [0.2, 0.25) is 5.88 Å². The normalized spacial score (nSPS) is 15.1. The molecule has 0 spiro atoms. The van der Waals surface area contributed by atoms with Gasteiger partial charge in [0.05, 0.1) is 13.2 Å². The van der Waals surface area contributed by atoms with Crippen molar-refractivity contribution in [3.63, 3.8) is 0 Å². The number of ether oxygens (including phenoxy) is 1. The van der Waals surface area contributed by atoms with E-state index in [1.54, 1.807) is 12.3 Å². The number of nitrogens with one attached hydrogen (secondary N) is 2.